The number of carboxylic acid groups (broad SMARTS) is 1. The van der Waals surface area contributed by atoms with Crippen LogP contribution >= 0.6 is 7.26 Å². The predicted molar refractivity (Wildman–Crippen MR) is 169 cm³/mol. The molecule has 3 aromatic carbocycles. The van der Waals surface area contributed by atoms with Crippen molar-refractivity contribution in [2.45, 2.75) is 31.7 Å². The molecular weight excluding hydrogens is 631 g/mol. The van der Waals surface area contributed by atoms with Crippen LogP contribution in [0, 0.1) is 12.3 Å². The molecule has 10 heteroatoms. The summed E-state index contributed by atoms with van der Waals surface area (Å²) in [5.41, 5.74) is 0. The molecule has 230 valence electrons. The second-order valence-electron chi connectivity index (χ2n) is 9.70. The highest BCUT2D eigenvalue weighted by Crippen LogP contribution is 2.56. The third-order valence-corrected chi connectivity index (χ3v) is 11.6. The number of amides is 1. The van der Waals surface area contributed by atoms with E-state index in [9.17, 15) is 14.7 Å². The normalized spacial score (nSPS) is 11.4. The minimum absolute atomic E-state index is 0. The molecular formula is C33H40BrN2O6P. The zero-order valence-electron chi connectivity index (χ0n) is 24.8. The van der Waals surface area contributed by atoms with Crippen molar-refractivity contribution in [3.63, 3.8) is 0 Å². The number of ether oxygens (including phenoxy) is 3. The van der Waals surface area contributed by atoms with Gasteiger partial charge >= 0.3 is 5.97 Å². The number of terminal acetylenes is 1. The number of hydrogen-bond acceptors (Lipinski definition) is 6. The van der Waals surface area contributed by atoms with Gasteiger partial charge in [0.2, 0.25) is 5.91 Å². The number of carbonyl (C=O) groups excluding carboxylic acids is 1. The Morgan fingerprint density at radius 1 is 0.814 bits per heavy atom. The highest BCUT2D eigenvalue weighted by molar-refractivity contribution is 7.95. The topological polar surface area (TPSA) is 106 Å². The number of rotatable bonds is 17. The largest absolute Gasteiger partial charge is 1.00 e. The van der Waals surface area contributed by atoms with Crippen LogP contribution in [0.1, 0.15) is 25.7 Å². The van der Waals surface area contributed by atoms with Gasteiger partial charge in [-0.05, 0) is 92.1 Å². The van der Waals surface area contributed by atoms with Crippen LogP contribution in [0.25, 0.3) is 0 Å². The van der Waals surface area contributed by atoms with E-state index in [1.165, 1.54) is 0 Å². The van der Waals surface area contributed by atoms with E-state index in [4.69, 9.17) is 20.6 Å². The number of halogens is 1. The van der Waals surface area contributed by atoms with Gasteiger partial charge in [0, 0.05) is 6.54 Å². The van der Waals surface area contributed by atoms with E-state index in [1.807, 2.05) is 36.4 Å². The summed E-state index contributed by atoms with van der Waals surface area (Å²) in [5, 5.41) is 18.6. The van der Waals surface area contributed by atoms with E-state index >= 15 is 0 Å². The lowest BCUT2D eigenvalue weighted by atomic mass is 10.1. The summed E-state index contributed by atoms with van der Waals surface area (Å²) in [5.74, 6) is 3.72. The Morgan fingerprint density at radius 2 is 1.26 bits per heavy atom. The predicted octanol–water partition coefficient (Wildman–Crippen LogP) is 0.363. The summed E-state index contributed by atoms with van der Waals surface area (Å²) in [6.45, 7) is 0.675. The summed E-state index contributed by atoms with van der Waals surface area (Å²) < 4.78 is 16.3. The van der Waals surface area contributed by atoms with Crippen LogP contribution in [-0.4, -0.2) is 63.6 Å². The molecule has 0 aromatic heterocycles. The molecule has 3 N–H and O–H groups in total. The molecule has 0 bridgehead atoms. The maximum Gasteiger partial charge on any atom is 0.320 e. The number of hydrogen-bond donors (Lipinski definition) is 3. The van der Waals surface area contributed by atoms with Crippen LogP contribution in [0.5, 0.6) is 17.2 Å². The van der Waals surface area contributed by atoms with E-state index < -0.39 is 19.3 Å². The minimum Gasteiger partial charge on any atom is -1.00 e. The van der Waals surface area contributed by atoms with E-state index in [-0.39, 0.29) is 29.4 Å². The van der Waals surface area contributed by atoms with E-state index in [0.717, 1.165) is 33.2 Å². The second-order valence-corrected chi connectivity index (χ2v) is 13.3. The van der Waals surface area contributed by atoms with E-state index in [2.05, 4.69) is 53.0 Å². The molecule has 0 aliphatic heterocycles. The maximum atomic E-state index is 13.1. The fourth-order valence-corrected chi connectivity index (χ4v) is 9.08. The highest BCUT2D eigenvalue weighted by Gasteiger charge is 2.45. The fraction of sp³-hybridized carbons (Fsp3) is 0.333. The molecule has 0 aliphatic carbocycles. The molecule has 3 rings (SSSR count). The summed E-state index contributed by atoms with van der Waals surface area (Å²) in [7, 11) is 2.63. The maximum absolute atomic E-state index is 13.1. The van der Waals surface area contributed by atoms with Gasteiger partial charge in [-0.25, -0.2) is 0 Å². The van der Waals surface area contributed by atoms with Gasteiger partial charge in [0.05, 0.1) is 40.5 Å². The molecule has 0 aliphatic rings. The molecule has 43 heavy (non-hydrogen) atoms. The number of methoxy groups -OCH3 is 3. The van der Waals surface area contributed by atoms with Crippen molar-refractivity contribution in [3.8, 4) is 29.6 Å². The first kappa shape index (κ1) is 35.6. The van der Waals surface area contributed by atoms with Crippen molar-refractivity contribution in [1.82, 2.24) is 10.6 Å². The molecule has 0 saturated carbocycles. The van der Waals surface area contributed by atoms with E-state index in [1.54, 1.807) is 21.3 Å². The zero-order valence-corrected chi connectivity index (χ0v) is 27.3. The van der Waals surface area contributed by atoms with Gasteiger partial charge in [-0.2, -0.15) is 0 Å². The number of benzene rings is 3. The quantitative estimate of drug-likeness (QED) is 0.108. The first-order valence-corrected chi connectivity index (χ1v) is 15.8. The Kier molecular flexibility index (Phi) is 15.1. The summed E-state index contributed by atoms with van der Waals surface area (Å²) >= 11 is 0. The van der Waals surface area contributed by atoms with Crippen molar-refractivity contribution in [2.24, 2.45) is 0 Å². The van der Waals surface area contributed by atoms with Gasteiger partial charge < -0.3 is 41.6 Å². The Balaban J connectivity index is 0.00000645. The molecule has 0 spiro atoms. The van der Waals surface area contributed by atoms with Gasteiger partial charge in [-0.15, -0.1) is 6.42 Å². The molecule has 0 fully saturated rings. The van der Waals surface area contributed by atoms with Crippen molar-refractivity contribution in [3.05, 3.63) is 72.8 Å². The van der Waals surface area contributed by atoms with Gasteiger partial charge in [-0.1, -0.05) is 5.92 Å². The highest BCUT2D eigenvalue weighted by atomic mass is 79.9. The average Bonchev–Trinajstić information content (AvgIpc) is 3.03. The van der Waals surface area contributed by atoms with Crippen LogP contribution in [-0.2, 0) is 9.59 Å². The molecule has 1 amide bonds. The fourth-order valence-electron chi connectivity index (χ4n) is 4.90. The standard InChI is InChI=1S/C33H39N2O6P.BrH/c1-5-22-34-31(33(37)38)8-6-7-23-35-32(36)21-24-42(28-15-9-25(39-2)10-16-28,29-17-11-26(40-3)12-18-29)30-19-13-27(41-4)14-20-30;/h1,9-20,31,34H,6-8,21-24H2,2-4H3,(H-,35,36,37,38);1H/t31-;/m0./s1. The lowest BCUT2D eigenvalue weighted by Gasteiger charge is -2.28. The molecule has 8 nitrogen and oxygen atoms in total. The van der Waals surface area contributed by atoms with Crippen molar-refractivity contribution < 1.29 is 45.9 Å². The van der Waals surface area contributed by atoms with Crippen molar-refractivity contribution in [1.29, 1.82) is 0 Å². The Morgan fingerprint density at radius 3 is 1.63 bits per heavy atom. The lowest BCUT2D eigenvalue weighted by Crippen LogP contribution is -3.00. The lowest BCUT2D eigenvalue weighted by molar-refractivity contribution is -0.139. The van der Waals surface area contributed by atoms with Crippen molar-refractivity contribution >= 4 is 35.1 Å². The molecule has 0 radical (unpaired) electrons. The number of carboxylic acids is 1. The third-order valence-electron chi connectivity index (χ3n) is 7.20. The Bertz CT molecular complexity index is 1210. The van der Waals surface area contributed by atoms with E-state index in [0.29, 0.717) is 38.4 Å². The van der Waals surface area contributed by atoms with Crippen LogP contribution in [0.2, 0.25) is 0 Å². The van der Waals surface area contributed by atoms with Gasteiger partial charge in [-0.3, -0.25) is 14.9 Å². The first-order chi connectivity index (χ1) is 20.4. The molecule has 3 aromatic rings. The van der Waals surface area contributed by atoms with Crippen molar-refractivity contribution in [2.75, 3.05) is 40.6 Å². The summed E-state index contributed by atoms with van der Waals surface area (Å²) in [6, 6.07) is 23.6. The summed E-state index contributed by atoms with van der Waals surface area (Å²) in [4.78, 5) is 24.5. The van der Waals surface area contributed by atoms with Gasteiger partial charge in [0.1, 0.15) is 46.5 Å². The summed E-state index contributed by atoms with van der Waals surface area (Å²) in [6.07, 6.45) is 7.92. The molecule has 0 saturated heterocycles. The monoisotopic (exact) mass is 670 g/mol. The SMILES string of the molecule is C#CCN[C@@H](CCCCNC(=O)CC[P+](c1ccc(OC)cc1)(c1ccc(OC)cc1)c1ccc(OC)cc1)C(=O)O.[Br-]. The Labute approximate surface area is 265 Å². The first-order valence-electron chi connectivity index (χ1n) is 13.9. The number of unbranched alkanes of at least 4 members (excludes halogenated alkanes) is 1. The number of aliphatic carboxylic acids is 1. The third kappa shape index (κ3) is 9.72. The van der Waals surface area contributed by atoms with Gasteiger partial charge in [0.15, 0.2) is 0 Å². The van der Waals surface area contributed by atoms with Crippen LogP contribution in [0.4, 0.5) is 0 Å². The smallest absolute Gasteiger partial charge is 0.320 e. The Hall–Kier alpha value is -3.57. The van der Waals surface area contributed by atoms with Crippen LogP contribution in [0.15, 0.2) is 72.8 Å². The minimum atomic E-state index is -2.30. The number of carbonyl (C=O) groups is 2. The second kappa shape index (κ2) is 18.2. The molecule has 0 unspecified atom stereocenters. The molecule has 1 atom stereocenters. The molecule has 0 heterocycles. The zero-order chi connectivity index (χ0) is 30.4. The van der Waals surface area contributed by atoms with Crippen LogP contribution in [0.3, 0.4) is 0 Å². The van der Waals surface area contributed by atoms with Crippen LogP contribution < -0.4 is 57.7 Å². The average molecular weight is 672 g/mol. The number of nitrogens with one attached hydrogen (secondary N) is 2. The van der Waals surface area contributed by atoms with Gasteiger partial charge in [0.25, 0.3) is 0 Å².